The summed E-state index contributed by atoms with van der Waals surface area (Å²) in [6, 6.07) is 13.1. The molecule has 0 aliphatic carbocycles. The van der Waals surface area contributed by atoms with Gasteiger partial charge in [-0.2, -0.15) is 0 Å². The van der Waals surface area contributed by atoms with E-state index in [0.29, 0.717) is 23.7 Å². The van der Waals surface area contributed by atoms with Gasteiger partial charge in [-0.15, -0.1) is 0 Å². The second kappa shape index (κ2) is 10.6. The zero-order chi connectivity index (χ0) is 21.3. The van der Waals surface area contributed by atoms with Crippen molar-refractivity contribution < 1.29 is 19.1 Å². The second-order valence-electron chi connectivity index (χ2n) is 7.36. The number of rotatable bonds is 7. The summed E-state index contributed by atoms with van der Waals surface area (Å²) < 4.78 is 10.4. The topological polar surface area (TPSA) is 79.9 Å². The molecule has 7 heteroatoms. The highest BCUT2D eigenvalue weighted by atomic mass is 16.5. The van der Waals surface area contributed by atoms with Crippen molar-refractivity contribution in [2.75, 3.05) is 32.6 Å². The minimum Gasteiger partial charge on any atom is -0.493 e. The first-order chi connectivity index (χ1) is 14.6. The van der Waals surface area contributed by atoms with Gasteiger partial charge in [-0.05, 0) is 49.2 Å². The van der Waals surface area contributed by atoms with Crippen molar-refractivity contribution in [2.24, 2.45) is 0 Å². The van der Waals surface area contributed by atoms with Crippen LogP contribution in [0.25, 0.3) is 0 Å². The SMILES string of the molecule is COc1ccc(NC(=O)C(=O)NCc2ccc(CN3CCCCC3)cc2)cc1OC. The van der Waals surface area contributed by atoms with Gasteiger partial charge < -0.3 is 20.1 Å². The Labute approximate surface area is 177 Å². The van der Waals surface area contributed by atoms with Crippen LogP contribution in [-0.2, 0) is 22.7 Å². The molecule has 7 nitrogen and oxygen atoms in total. The number of piperidine rings is 1. The van der Waals surface area contributed by atoms with Gasteiger partial charge in [0.05, 0.1) is 14.2 Å². The number of hydrogen-bond donors (Lipinski definition) is 2. The molecule has 0 unspecified atom stereocenters. The van der Waals surface area contributed by atoms with Crippen molar-refractivity contribution in [3.63, 3.8) is 0 Å². The van der Waals surface area contributed by atoms with E-state index in [4.69, 9.17) is 9.47 Å². The molecule has 0 spiro atoms. The maximum atomic E-state index is 12.2. The normalized spacial score (nSPS) is 14.1. The van der Waals surface area contributed by atoms with Crippen molar-refractivity contribution in [3.8, 4) is 11.5 Å². The van der Waals surface area contributed by atoms with Gasteiger partial charge in [-0.1, -0.05) is 30.7 Å². The Morgan fingerprint density at radius 2 is 1.53 bits per heavy atom. The molecule has 1 aliphatic heterocycles. The van der Waals surface area contributed by atoms with Gasteiger partial charge in [0.15, 0.2) is 11.5 Å². The van der Waals surface area contributed by atoms with E-state index in [1.54, 1.807) is 18.2 Å². The summed E-state index contributed by atoms with van der Waals surface area (Å²) >= 11 is 0. The molecule has 2 aromatic rings. The first kappa shape index (κ1) is 21.6. The Bertz CT molecular complexity index is 861. The summed E-state index contributed by atoms with van der Waals surface area (Å²) in [6.07, 6.45) is 3.87. The van der Waals surface area contributed by atoms with E-state index in [0.717, 1.165) is 25.2 Å². The Morgan fingerprint density at radius 3 is 2.20 bits per heavy atom. The van der Waals surface area contributed by atoms with Gasteiger partial charge in [0.25, 0.3) is 0 Å². The zero-order valence-electron chi connectivity index (χ0n) is 17.6. The predicted octanol–water partition coefficient (Wildman–Crippen LogP) is 2.94. The molecule has 0 atom stereocenters. The lowest BCUT2D eigenvalue weighted by atomic mass is 10.1. The first-order valence-electron chi connectivity index (χ1n) is 10.2. The molecule has 1 saturated heterocycles. The maximum absolute atomic E-state index is 12.2. The number of carbonyl (C=O) groups excluding carboxylic acids is 2. The smallest absolute Gasteiger partial charge is 0.313 e. The van der Waals surface area contributed by atoms with Crippen LogP contribution in [0.15, 0.2) is 42.5 Å². The maximum Gasteiger partial charge on any atom is 0.313 e. The molecule has 1 heterocycles. The van der Waals surface area contributed by atoms with Gasteiger partial charge in [-0.25, -0.2) is 0 Å². The highest BCUT2D eigenvalue weighted by Gasteiger charge is 2.15. The first-order valence-corrected chi connectivity index (χ1v) is 10.2. The van der Waals surface area contributed by atoms with Crippen molar-refractivity contribution in [3.05, 3.63) is 53.6 Å². The van der Waals surface area contributed by atoms with Crippen LogP contribution in [0.3, 0.4) is 0 Å². The van der Waals surface area contributed by atoms with Crippen molar-refractivity contribution >= 4 is 17.5 Å². The molecule has 30 heavy (non-hydrogen) atoms. The average Bonchev–Trinajstić information content (AvgIpc) is 2.79. The molecular weight excluding hydrogens is 382 g/mol. The second-order valence-corrected chi connectivity index (χ2v) is 7.36. The molecule has 0 saturated carbocycles. The summed E-state index contributed by atoms with van der Waals surface area (Å²) in [5.74, 6) is -0.407. The van der Waals surface area contributed by atoms with Crippen molar-refractivity contribution in [1.82, 2.24) is 10.2 Å². The molecule has 160 valence electrons. The number of likely N-dealkylation sites (tertiary alicyclic amines) is 1. The molecular formula is C23H29N3O4. The molecule has 1 fully saturated rings. The number of benzene rings is 2. The monoisotopic (exact) mass is 411 g/mol. The fourth-order valence-corrected chi connectivity index (χ4v) is 3.50. The van der Waals surface area contributed by atoms with Gasteiger partial charge in [0.2, 0.25) is 0 Å². The highest BCUT2D eigenvalue weighted by Crippen LogP contribution is 2.29. The number of methoxy groups -OCH3 is 2. The van der Waals surface area contributed by atoms with Crippen LogP contribution < -0.4 is 20.1 Å². The molecule has 3 rings (SSSR count). The Kier molecular flexibility index (Phi) is 7.68. The Hall–Kier alpha value is -3.06. The van der Waals surface area contributed by atoms with E-state index >= 15 is 0 Å². The van der Waals surface area contributed by atoms with Gasteiger partial charge in [-0.3, -0.25) is 14.5 Å². The lowest BCUT2D eigenvalue weighted by Crippen LogP contribution is -2.35. The van der Waals surface area contributed by atoms with Gasteiger partial charge in [0, 0.05) is 24.8 Å². The minimum atomic E-state index is -0.732. The summed E-state index contributed by atoms with van der Waals surface area (Å²) in [4.78, 5) is 26.8. The van der Waals surface area contributed by atoms with E-state index in [1.807, 2.05) is 12.1 Å². The number of hydrogen-bond acceptors (Lipinski definition) is 5. The summed E-state index contributed by atoms with van der Waals surface area (Å²) in [5, 5.41) is 5.22. The predicted molar refractivity (Wildman–Crippen MR) is 116 cm³/mol. The number of carbonyl (C=O) groups is 2. The fraction of sp³-hybridized carbons (Fsp3) is 0.391. The van der Waals surface area contributed by atoms with Gasteiger partial charge in [0.1, 0.15) is 0 Å². The van der Waals surface area contributed by atoms with Crippen LogP contribution in [0.1, 0.15) is 30.4 Å². The Morgan fingerprint density at radius 1 is 0.867 bits per heavy atom. The summed E-state index contributed by atoms with van der Waals surface area (Å²) in [7, 11) is 3.04. The van der Waals surface area contributed by atoms with Crippen LogP contribution in [0.5, 0.6) is 11.5 Å². The molecule has 0 aromatic heterocycles. The van der Waals surface area contributed by atoms with Crippen LogP contribution in [0, 0.1) is 0 Å². The van der Waals surface area contributed by atoms with Crippen molar-refractivity contribution in [2.45, 2.75) is 32.4 Å². The molecule has 0 radical (unpaired) electrons. The van der Waals surface area contributed by atoms with Crippen LogP contribution >= 0.6 is 0 Å². The van der Waals surface area contributed by atoms with Crippen molar-refractivity contribution in [1.29, 1.82) is 0 Å². The van der Waals surface area contributed by atoms with E-state index in [9.17, 15) is 9.59 Å². The third kappa shape index (κ3) is 5.97. The number of nitrogens with zero attached hydrogens (tertiary/aromatic N) is 1. The van der Waals surface area contributed by atoms with Gasteiger partial charge >= 0.3 is 11.8 Å². The number of ether oxygens (including phenoxy) is 2. The van der Waals surface area contributed by atoms with E-state index < -0.39 is 11.8 Å². The minimum absolute atomic E-state index is 0.294. The van der Waals surface area contributed by atoms with E-state index in [1.165, 1.54) is 39.0 Å². The quantitative estimate of drug-likeness (QED) is 0.685. The Balaban J connectivity index is 1.48. The third-order valence-electron chi connectivity index (χ3n) is 5.18. The number of nitrogens with one attached hydrogen (secondary N) is 2. The zero-order valence-corrected chi connectivity index (χ0v) is 17.6. The molecule has 2 aromatic carbocycles. The van der Waals surface area contributed by atoms with E-state index in [2.05, 4.69) is 27.7 Å². The number of anilines is 1. The molecule has 1 aliphatic rings. The molecule has 2 amide bonds. The lowest BCUT2D eigenvalue weighted by molar-refractivity contribution is -0.136. The average molecular weight is 412 g/mol. The lowest BCUT2D eigenvalue weighted by Gasteiger charge is -2.26. The summed E-state index contributed by atoms with van der Waals surface area (Å²) in [5.41, 5.74) is 2.66. The van der Waals surface area contributed by atoms with E-state index in [-0.39, 0.29) is 0 Å². The third-order valence-corrected chi connectivity index (χ3v) is 5.18. The standard InChI is InChI=1S/C23H29N3O4/c1-29-20-11-10-19(14-21(20)30-2)25-23(28)22(27)24-15-17-6-8-18(9-7-17)16-26-12-4-3-5-13-26/h6-11,14H,3-5,12-13,15-16H2,1-2H3,(H,24,27)(H,25,28). The highest BCUT2D eigenvalue weighted by molar-refractivity contribution is 6.39. The van der Waals surface area contributed by atoms with Crippen LogP contribution in [0.2, 0.25) is 0 Å². The number of amides is 2. The fourth-order valence-electron chi connectivity index (χ4n) is 3.50. The molecule has 2 N–H and O–H groups in total. The largest absolute Gasteiger partial charge is 0.493 e. The molecule has 0 bridgehead atoms. The van der Waals surface area contributed by atoms with Crippen LogP contribution in [0.4, 0.5) is 5.69 Å². The summed E-state index contributed by atoms with van der Waals surface area (Å²) in [6.45, 7) is 3.57. The van der Waals surface area contributed by atoms with Crippen LogP contribution in [-0.4, -0.2) is 44.0 Å².